The van der Waals surface area contributed by atoms with E-state index in [4.69, 9.17) is 5.73 Å². The van der Waals surface area contributed by atoms with Gasteiger partial charge in [0.25, 0.3) is 5.91 Å². The number of nitrogens with zero attached hydrogens (tertiary/aromatic N) is 6. The molecule has 3 aromatic heterocycles. The zero-order chi connectivity index (χ0) is 27.9. The fraction of sp³-hybridized carbons (Fsp3) is 0.452. The van der Waals surface area contributed by atoms with Crippen LogP contribution in [0.25, 0.3) is 16.7 Å². The third kappa shape index (κ3) is 4.56. The van der Waals surface area contributed by atoms with Gasteiger partial charge in [0.15, 0.2) is 0 Å². The molecule has 2 aliphatic carbocycles. The van der Waals surface area contributed by atoms with Crippen LogP contribution < -0.4 is 11.1 Å². The summed E-state index contributed by atoms with van der Waals surface area (Å²) in [5, 5.41) is 21.7. The number of carbonyl (C=O) groups excluding carboxylic acids is 1. The maximum absolute atomic E-state index is 12.1. The number of pyridine rings is 1. The molecule has 3 heterocycles. The molecule has 0 unspecified atom stereocenters. The number of carbonyl (C=O) groups is 1. The van der Waals surface area contributed by atoms with Gasteiger partial charge in [0, 0.05) is 37.9 Å². The Hall–Kier alpha value is -4.03. The first-order valence-electron chi connectivity index (χ1n) is 14.3. The first-order valence-corrected chi connectivity index (χ1v) is 14.3. The molecule has 0 aliphatic heterocycles. The van der Waals surface area contributed by atoms with Crippen LogP contribution >= 0.6 is 0 Å². The van der Waals surface area contributed by atoms with E-state index in [1.54, 1.807) is 6.33 Å². The number of hydrogen-bond acceptors (Lipinski definition) is 6. The minimum atomic E-state index is -0.524. The molecule has 6 rings (SSSR count). The van der Waals surface area contributed by atoms with Crippen LogP contribution in [0.2, 0.25) is 0 Å². The highest BCUT2D eigenvalue weighted by Gasteiger charge is 2.49. The molecule has 1 aromatic carbocycles. The highest BCUT2D eigenvalue weighted by atomic mass is 16.1. The van der Waals surface area contributed by atoms with Crippen molar-refractivity contribution in [2.75, 3.05) is 0 Å². The van der Waals surface area contributed by atoms with E-state index in [0.29, 0.717) is 30.8 Å². The quantitative estimate of drug-likeness (QED) is 0.324. The molecule has 9 nitrogen and oxygen atoms in total. The normalized spacial score (nSPS) is 21.8. The third-order valence-electron chi connectivity index (χ3n) is 9.17. The van der Waals surface area contributed by atoms with E-state index in [2.05, 4.69) is 62.3 Å². The molecule has 9 heteroatoms. The zero-order valence-electron chi connectivity index (χ0n) is 23.2. The molecule has 0 spiro atoms. The Balaban J connectivity index is 1.39. The summed E-state index contributed by atoms with van der Waals surface area (Å²) < 4.78 is 4.15. The molecule has 4 aromatic rings. The van der Waals surface area contributed by atoms with E-state index in [9.17, 15) is 10.1 Å². The van der Waals surface area contributed by atoms with Crippen LogP contribution in [0.1, 0.15) is 79.3 Å². The molecule has 0 radical (unpaired) electrons. The number of fused-ring (bicyclic) bond motifs is 1. The molecule has 3 N–H and O–H groups in total. The van der Waals surface area contributed by atoms with Crippen LogP contribution in [0.15, 0.2) is 48.9 Å². The van der Waals surface area contributed by atoms with E-state index in [0.717, 1.165) is 46.5 Å². The highest BCUT2D eigenvalue weighted by molar-refractivity contribution is 5.94. The molecule has 1 amide bonds. The van der Waals surface area contributed by atoms with Gasteiger partial charge in [0.05, 0.1) is 22.5 Å². The van der Waals surface area contributed by atoms with Gasteiger partial charge >= 0.3 is 0 Å². The van der Waals surface area contributed by atoms with E-state index < -0.39 is 5.91 Å². The summed E-state index contributed by atoms with van der Waals surface area (Å²) in [6.45, 7) is 2.88. The molecule has 2 saturated carbocycles. The van der Waals surface area contributed by atoms with Gasteiger partial charge in [-0.1, -0.05) is 25.0 Å². The number of primary amides is 1. The summed E-state index contributed by atoms with van der Waals surface area (Å²) in [6, 6.07) is 15.1. The van der Waals surface area contributed by atoms with Gasteiger partial charge in [0.2, 0.25) is 0 Å². The molecular formula is C31H36N8O. The average molecular weight is 537 g/mol. The average Bonchev–Trinajstić information content (AvgIpc) is 3.70. The Labute approximate surface area is 234 Å². The Morgan fingerprint density at radius 1 is 1.25 bits per heavy atom. The number of aromatic nitrogens is 5. The number of aryl methyl sites for hydroxylation is 1. The lowest BCUT2D eigenvalue weighted by Crippen LogP contribution is -2.44. The van der Waals surface area contributed by atoms with E-state index in [1.807, 2.05) is 29.9 Å². The predicted octanol–water partition coefficient (Wildman–Crippen LogP) is 4.53. The summed E-state index contributed by atoms with van der Waals surface area (Å²) in [4.78, 5) is 16.7. The van der Waals surface area contributed by atoms with Crippen molar-refractivity contribution >= 4 is 16.9 Å². The van der Waals surface area contributed by atoms with Crippen molar-refractivity contribution in [2.45, 2.75) is 69.9 Å². The minimum Gasteiger partial charge on any atom is -0.364 e. The number of hydrogen-bond donors (Lipinski definition) is 2. The highest BCUT2D eigenvalue weighted by Crippen LogP contribution is 2.53. The maximum Gasteiger partial charge on any atom is 0.267 e. The SMILES string of the molecule is C[C@H](NCc1cc(C(N)=O)nc2ccn(-c3cccc(C4(c5nncn5C)CC(CC#N)C4)c3)c12)C1CCCC1. The van der Waals surface area contributed by atoms with Gasteiger partial charge in [-0.2, -0.15) is 5.26 Å². The maximum atomic E-state index is 12.1. The molecular weight excluding hydrogens is 500 g/mol. The van der Waals surface area contributed by atoms with Crippen molar-refractivity contribution in [1.82, 2.24) is 29.6 Å². The Kier molecular flexibility index (Phi) is 6.88. The van der Waals surface area contributed by atoms with Crippen LogP contribution in [0, 0.1) is 23.2 Å². The summed E-state index contributed by atoms with van der Waals surface area (Å²) in [7, 11) is 1.98. The number of benzene rings is 1. The Morgan fingerprint density at radius 3 is 2.75 bits per heavy atom. The Morgan fingerprint density at radius 2 is 2.05 bits per heavy atom. The van der Waals surface area contributed by atoms with Crippen LogP contribution in [0.4, 0.5) is 0 Å². The van der Waals surface area contributed by atoms with Crippen molar-refractivity contribution in [3.05, 3.63) is 71.6 Å². The molecule has 0 saturated heterocycles. The number of nitrogens with two attached hydrogens (primary N) is 1. The lowest BCUT2D eigenvalue weighted by molar-refractivity contribution is 0.0996. The second-order valence-corrected chi connectivity index (χ2v) is 11.7. The van der Waals surface area contributed by atoms with E-state index >= 15 is 0 Å². The summed E-state index contributed by atoms with van der Waals surface area (Å²) >= 11 is 0. The van der Waals surface area contributed by atoms with Gasteiger partial charge < -0.3 is 20.2 Å². The number of nitriles is 1. The summed E-state index contributed by atoms with van der Waals surface area (Å²) in [5.74, 6) is 1.42. The standard InChI is InChI=1S/C31H36N8O/c1-20(22-6-3-4-7-22)34-18-23-14-27(29(33)40)36-26-11-13-39(28(23)26)25-9-5-8-24(15-25)31(16-21(17-31)10-12-32)30-37-35-19-38(30)2/h5,8-9,11,13-15,19-22,34H,3-4,6-7,10,16-18H2,1-2H3,(H2,33,40)/t20-,21?,31?/m0/s1. The fourth-order valence-corrected chi connectivity index (χ4v) is 7.01. The van der Waals surface area contributed by atoms with E-state index in [1.165, 1.54) is 25.7 Å². The first-order chi connectivity index (χ1) is 19.4. The smallest absolute Gasteiger partial charge is 0.267 e. The molecule has 1 atom stereocenters. The second kappa shape index (κ2) is 10.5. The van der Waals surface area contributed by atoms with Crippen molar-refractivity contribution in [3.8, 4) is 11.8 Å². The van der Waals surface area contributed by atoms with Gasteiger partial charge in [-0.25, -0.2) is 4.98 Å². The lowest BCUT2D eigenvalue weighted by atomic mass is 9.57. The number of nitrogens with one attached hydrogen (secondary N) is 1. The molecule has 206 valence electrons. The molecule has 0 bridgehead atoms. The summed E-state index contributed by atoms with van der Waals surface area (Å²) in [6.07, 6.45) is 11.1. The monoisotopic (exact) mass is 536 g/mol. The fourth-order valence-electron chi connectivity index (χ4n) is 7.01. The molecule has 2 aliphatic rings. The number of amides is 1. The van der Waals surface area contributed by atoms with E-state index in [-0.39, 0.29) is 11.1 Å². The second-order valence-electron chi connectivity index (χ2n) is 11.7. The molecule has 2 fully saturated rings. The van der Waals surface area contributed by atoms with Crippen LogP contribution in [-0.2, 0) is 19.0 Å². The number of rotatable bonds is 9. The topological polar surface area (TPSA) is 127 Å². The van der Waals surface area contributed by atoms with Gasteiger partial charge in [-0.15, -0.1) is 10.2 Å². The van der Waals surface area contributed by atoms with Crippen LogP contribution in [0.5, 0.6) is 0 Å². The first kappa shape index (κ1) is 26.2. The zero-order valence-corrected chi connectivity index (χ0v) is 23.2. The largest absolute Gasteiger partial charge is 0.364 e. The van der Waals surface area contributed by atoms with Crippen LogP contribution in [0.3, 0.4) is 0 Å². The van der Waals surface area contributed by atoms with Gasteiger partial charge in [-0.05, 0) is 79.8 Å². The predicted molar refractivity (Wildman–Crippen MR) is 153 cm³/mol. The lowest BCUT2D eigenvalue weighted by Gasteiger charge is -2.46. The van der Waals surface area contributed by atoms with Gasteiger partial charge in [0.1, 0.15) is 17.8 Å². The van der Waals surface area contributed by atoms with Crippen molar-refractivity contribution < 1.29 is 4.79 Å². The minimum absolute atomic E-state index is 0.281. The van der Waals surface area contributed by atoms with Gasteiger partial charge in [-0.3, -0.25) is 4.79 Å². The van der Waals surface area contributed by atoms with Crippen molar-refractivity contribution in [2.24, 2.45) is 24.6 Å². The Bertz CT molecular complexity index is 1580. The summed E-state index contributed by atoms with van der Waals surface area (Å²) in [5.41, 5.74) is 10.5. The van der Waals surface area contributed by atoms with Crippen LogP contribution in [-0.4, -0.2) is 36.3 Å². The molecule has 40 heavy (non-hydrogen) atoms. The van der Waals surface area contributed by atoms with Crippen molar-refractivity contribution in [1.29, 1.82) is 5.26 Å². The third-order valence-corrected chi connectivity index (χ3v) is 9.17. The van der Waals surface area contributed by atoms with Crippen molar-refractivity contribution in [3.63, 3.8) is 0 Å².